The van der Waals surface area contributed by atoms with Gasteiger partial charge in [0.2, 0.25) is 11.9 Å². The summed E-state index contributed by atoms with van der Waals surface area (Å²) < 4.78 is 12.9. The zero-order chi connectivity index (χ0) is 14.7. The summed E-state index contributed by atoms with van der Waals surface area (Å²) in [5.41, 5.74) is 2.42. The smallest absolute Gasteiger partial charge is 0.257 e. The second kappa shape index (κ2) is 6.14. The van der Waals surface area contributed by atoms with Crippen LogP contribution in [-0.2, 0) is 10.8 Å². The summed E-state index contributed by atoms with van der Waals surface area (Å²) in [6, 6.07) is 1.99. The normalized spacial score (nSPS) is 22.0. The van der Waals surface area contributed by atoms with Crippen LogP contribution in [0, 0.1) is 0 Å². The number of nitrogens with two attached hydrogens (primary N) is 1. The van der Waals surface area contributed by atoms with Gasteiger partial charge in [0.05, 0.1) is 0 Å². The van der Waals surface area contributed by atoms with Crippen LogP contribution < -0.4 is 16.6 Å². The average Bonchev–Trinajstić information content (AvgIpc) is 3.04. The molecule has 4 N–H and O–H groups in total. The van der Waals surface area contributed by atoms with E-state index in [1.807, 2.05) is 0 Å². The van der Waals surface area contributed by atoms with Gasteiger partial charge in [-0.1, -0.05) is 0 Å². The minimum absolute atomic E-state index is 0.209. The number of nitrogen functional groups attached to an aromatic ring is 1. The van der Waals surface area contributed by atoms with Gasteiger partial charge in [0.25, 0.3) is 5.95 Å². The quantitative estimate of drug-likeness (QED) is 0.518. The minimum atomic E-state index is -0.693. The Kier molecular flexibility index (Phi) is 4.06. The highest BCUT2D eigenvalue weighted by atomic mass is 32.2. The van der Waals surface area contributed by atoms with Gasteiger partial charge in [-0.3, -0.25) is 9.63 Å². The van der Waals surface area contributed by atoms with Crippen molar-refractivity contribution in [2.24, 2.45) is 5.84 Å². The molecule has 3 heterocycles. The Morgan fingerprint density at radius 3 is 2.67 bits per heavy atom. The zero-order valence-electron chi connectivity index (χ0n) is 11.3. The van der Waals surface area contributed by atoms with Crippen molar-refractivity contribution >= 4 is 22.7 Å². The SMILES string of the molecule is NNc1nc(NC2CCS(=O)CC2)nc(-n2cccn2)n1. The highest BCUT2D eigenvalue weighted by molar-refractivity contribution is 7.85. The number of rotatable bonds is 4. The molecule has 1 aliphatic rings. The van der Waals surface area contributed by atoms with Crippen LogP contribution in [-0.4, -0.2) is 46.5 Å². The molecule has 10 heteroatoms. The summed E-state index contributed by atoms with van der Waals surface area (Å²) in [6.07, 6.45) is 5.05. The van der Waals surface area contributed by atoms with Crippen molar-refractivity contribution in [1.82, 2.24) is 24.7 Å². The largest absolute Gasteiger partial charge is 0.351 e. The van der Waals surface area contributed by atoms with Crippen LogP contribution in [0.1, 0.15) is 12.8 Å². The molecule has 1 fully saturated rings. The molecule has 2 aromatic rings. The maximum absolute atomic E-state index is 11.4. The first-order valence-corrected chi connectivity index (χ1v) is 8.07. The molecule has 3 rings (SSSR count). The third kappa shape index (κ3) is 3.34. The first-order valence-electron chi connectivity index (χ1n) is 6.59. The lowest BCUT2D eigenvalue weighted by molar-refractivity contribution is 0.619. The van der Waals surface area contributed by atoms with Crippen molar-refractivity contribution in [1.29, 1.82) is 0 Å². The van der Waals surface area contributed by atoms with Gasteiger partial charge >= 0.3 is 0 Å². The van der Waals surface area contributed by atoms with Gasteiger partial charge in [0.1, 0.15) is 0 Å². The summed E-state index contributed by atoms with van der Waals surface area (Å²) in [7, 11) is -0.693. The van der Waals surface area contributed by atoms with Crippen LogP contribution in [0.4, 0.5) is 11.9 Å². The molecule has 0 saturated carbocycles. The standard InChI is InChI=1S/C11H16N8OS/c12-18-10-15-9(14-8-2-6-21(20)7-3-8)16-11(17-10)19-5-1-4-13-19/h1,4-5,8H,2-3,6-7,12H2,(H2,14,15,16,17,18). The van der Waals surface area contributed by atoms with E-state index in [2.05, 4.69) is 30.8 Å². The Bertz CT molecular complexity index is 621. The van der Waals surface area contributed by atoms with Crippen LogP contribution in [0.3, 0.4) is 0 Å². The molecule has 0 aromatic carbocycles. The molecule has 0 atom stereocenters. The predicted octanol–water partition coefficient (Wildman–Crippen LogP) is -0.334. The van der Waals surface area contributed by atoms with Crippen LogP contribution >= 0.6 is 0 Å². The summed E-state index contributed by atoms with van der Waals surface area (Å²) in [6.45, 7) is 0. The summed E-state index contributed by atoms with van der Waals surface area (Å²) in [5, 5.41) is 7.33. The minimum Gasteiger partial charge on any atom is -0.351 e. The first-order chi connectivity index (χ1) is 10.2. The third-order valence-corrected chi connectivity index (χ3v) is 4.57. The van der Waals surface area contributed by atoms with E-state index in [-0.39, 0.29) is 12.0 Å². The van der Waals surface area contributed by atoms with Gasteiger partial charge in [-0.05, 0) is 18.9 Å². The number of nitrogens with zero attached hydrogens (tertiary/aromatic N) is 5. The molecule has 0 aliphatic carbocycles. The van der Waals surface area contributed by atoms with Crippen molar-refractivity contribution in [3.05, 3.63) is 18.5 Å². The Labute approximate surface area is 123 Å². The Balaban J connectivity index is 1.81. The van der Waals surface area contributed by atoms with Crippen molar-refractivity contribution in [2.45, 2.75) is 18.9 Å². The molecule has 9 nitrogen and oxygen atoms in total. The molecule has 21 heavy (non-hydrogen) atoms. The fourth-order valence-electron chi connectivity index (χ4n) is 2.10. The van der Waals surface area contributed by atoms with Gasteiger partial charge < -0.3 is 5.32 Å². The Hall–Kier alpha value is -2.07. The van der Waals surface area contributed by atoms with E-state index in [0.717, 1.165) is 12.8 Å². The van der Waals surface area contributed by atoms with Gasteiger partial charge in [0.15, 0.2) is 0 Å². The van der Waals surface area contributed by atoms with Gasteiger partial charge in [0, 0.05) is 40.7 Å². The zero-order valence-corrected chi connectivity index (χ0v) is 12.1. The fourth-order valence-corrected chi connectivity index (χ4v) is 3.40. The van der Waals surface area contributed by atoms with E-state index in [9.17, 15) is 4.21 Å². The molecule has 112 valence electrons. The maximum atomic E-state index is 11.4. The molecular weight excluding hydrogens is 292 g/mol. The van der Waals surface area contributed by atoms with E-state index in [1.54, 1.807) is 18.5 Å². The van der Waals surface area contributed by atoms with E-state index in [1.165, 1.54) is 4.68 Å². The highest BCUT2D eigenvalue weighted by Gasteiger charge is 2.19. The van der Waals surface area contributed by atoms with E-state index >= 15 is 0 Å². The summed E-state index contributed by atoms with van der Waals surface area (Å²) >= 11 is 0. The van der Waals surface area contributed by atoms with Crippen molar-refractivity contribution in [3.63, 3.8) is 0 Å². The van der Waals surface area contributed by atoms with Gasteiger partial charge in [-0.15, -0.1) is 0 Å². The molecule has 0 radical (unpaired) electrons. The average molecular weight is 308 g/mol. The summed E-state index contributed by atoms with van der Waals surface area (Å²) in [5.74, 6) is 7.87. The lowest BCUT2D eigenvalue weighted by Gasteiger charge is -2.22. The number of hydrazine groups is 1. The highest BCUT2D eigenvalue weighted by Crippen LogP contribution is 2.15. The third-order valence-electron chi connectivity index (χ3n) is 3.18. The second-order valence-corrected chi connectivity index (χ2v) is 6.34. The fraction of sp³-hybridized carbons (Fsp3) is 0.455. The number of nitrogens with one attached hydrogen (secondary N) is 2. The van der Waals surface area contributed by atoms with Crippen molar-refractivity contribution in [2.75, 3.05) is 22.2 Å². The molecule has 0 unspecified atom stereocenters. The topological polar surface area (TPSA) is 124 Å². The number of anilines is 2. The first kappa shape index (κ1) is 13.9. The molecule has 0 amide bonds. The van der Waals surface area contributed by atoms with E-state index < -0.39 is 10.8 Å². The lowest BCUT2D eigenvalue weighted by atomic mass is 10.2. The number of hydrogen-bond acceptors (Lipinski definition) is 8. The Morgan fingerprint density at radius 1 is 1.24 bits per heavy atom. The van der Waals surface area contributed by atoms with Crippen LogP contribution in [0.5, 0.6) is 0 Å². The number of hydrogen-bond donors (Lipinski definition) is 3. The molecule has 0 bridgehead atoms. The molecule has 2 aromatic heterocycles. The lowest BCUT2D eigenvalue weighted by Crippen LogP contribution is -2.30. The number of aromatic nitrogens is 5. The van der Waals surface area contributed by atoms with Crippen LogP contribution in [0.25, 0.3) is 5.95 Å². The molecule has 0 spiro atoms. The maximum Gasteiger partial charge on any atom is 0.257 e. The van der Waals surface area contributed by atoms with Crippen LogP contribution in [0.2, 0.25) is 0 Å². The second-order valence-electron chi connectivity index (χ2n) is 4.64. The molecular formula is C11H16N8OS. The van der Waals surface area contributed by atoms with Gasteiger partial charge in [-0.2, -0.15) is 20.1 Å². The van der Waals surface area contributed by atoms with E-state index in [4.69, 9.17) is 5.84 Å². The molecule has 1 aliphatic heterocycles. The van der Waals surface area contributed by atoms with Crippen LogP contribution in [0.15, 0.2) is 18.5 Å². The van der Waals surface area contributed by atoms with Gasteiger partial charge in [-0.25, -0.2) is 10.5 Å². The predicted molar refractivity (Wildman–Crippen MR) is 79.3 cm³/mol. The Morgan fingerprint density at radius 2 is 2.00 bits per heavy atom. The molecule has 1 saturated heterocycles. The monoisotopic (exact) mass is 308 g/mol. The van der Waals surface area contributed by atoms with Crippen molar-refractivity contribution in [3.8, 4) is 5.95 Å². The van der Waals surface area contributed by atoms with E-state index in [0.29, 0.717) is 23.4 Å². The summed E-state index contributed by atoms with van der Waals surface area (Å²) in [4.78, 5) is 12.7. The van der Waals surface area contributed by atoms with Crippen molar-refractivity contribution < 1.29 is 4.21 Å².